The molecule has 0 N–H and O–H groups in total. The molecule has 0 radical (unpaired) electrons. The van der Waals surface area contributed by atoms with Crippen LogP contribution < -0.4 is 0 Å². The fraction of sp³-hybridized carbons (Fsp3) is 0.588. The number of hydrogen-bond acceptors (Lipinski definition) is 2. The molecule has 1 aromatic rings. The molecule has 1 heterocycles. The Bertz CT molecular complexity index is 518. The van der Waals surface area contributed by atoms with Crippen molar-refractivity contribution in [3.63, 3.8) is 0 Å². The lowest BCUT2D eigenvalue weighted by molar-refractivity contribution is -0.0866. The second kappa shape index (κ2) is 5.28. The molecule has 1 atom stereocenters. The zero-order valence-corrected chi connectivity index (χ0v) is 12.0. The van der Waals surface area contributed by atoms with Crippen LogP contribution in [0.15, 0.2) is 18.2 Å². The quantitative estimate of drug-likeness (QED) is 0.761. The van der Waals surface area contributed by atoms with Gasteiger partial charge in [-0.2, -0.15) is 0 Å². The van der Waals surface area contributed by atoms with E-state index in [0.29, 0.717) is 13.0 Å². The fourth-order valence-corrected chi connectivity index (χ4v) is 3.67. The van der Waals surface area contributed by atoms with Gasteiger partial charge in [-0.25, -0.2) is 4.39 Å². The monoisotopic (exact) mass is 276 g/mol. The molecule has 1 saturated carbocycles. The molecule has 1 unspecified atom stereocenters. The van der Waals surface area contributed by atoms with Crippen LogP contribution >= 0.6 is 0 Å². The van der Waals surface area contributed by atoms with Crippen molar-refractivity contribution >= 4 is 5.78 Å². The number of carbonyl (C=O) groups is 1. The van der Waals surface area contributed by atoms with Gasteiger partial charge in [-0.15, -0.1) is 0 Å². The lowest BCUT2D eigenvalue weighted by atomic mass is 9.80. The molecular formula is C17H21FO2. The van der Waals surface area contributed by atoms with Gasteiger partial charge in [-0.3, -0.25) is 4.79 Å². The number of benzene rings is 1. The molecular weight excluding hydrogens is 255 g/mol. The van der Waals surface area contributed by atoms with E-state index in [1.807, 2.05) is 6.92 Å². The van der Waals surface area contributed by atoms with Gasteiger partial charge in [0.15, 0.2) is 5.78 Å². The van der Waals surface area contributed by atoms with Gasteiger partial charge >= 0.3 is 0 Å². The molecule has 20 heavy (non-hydrogen) atoms. The van der Waals surface area contributed by atoms with Crippen molar-refractivity contribution < 1.29 is 13.9 Å². The number of Topliss-reactive ketones (excluding diaryl/α,β-unsaturated/α-hetero) is 1. The van der Waals surface area contributed by atoms with Gasteiger partial charge in [0.25, 0.3) is 0 Å². The van der Waals surface area contributed by atoms with Crippen LogP contribution in [-0.2, 0) is 4.74 Å². The van der Waals surface area contributed by atoms with Crippen molar-refractivity contribution in [3.8, 4) is 0 Å². The first-order valence-corrected chi connectivity index (χ1v) is 7.54. The first-order chi connectivity index (χ1) is 9.60. The average molecular weight is 276 g/mol. The predicted octanol–water partition coefficient (Wildman–Crippen LogP) is 4.06. The minimum Gasteiger partial charge on any atom is -0.375 e. The molecule has 1 aliphatic heterocycles. The van der Waals surface area contributed by atoms with Crippen LogP contribution in [0, 0.1) is 18.7 Å². The lowest BCUT2D eigenvalue weighted by Crippen LogP contribution is -2.40. The van der Waals surface area contributed by atoms with Crippen LogP contribution in [0.3, 0.4) is 0 Å². The van der Waals surface area contributed by atoms with E-state index >= 15 is 0 Å². The maximum atomic E-state index is 13.9. The molecule has 0 aromatic heterocycles. The number of ketones is 1. The van der Waals surface area contributed by atoms with E-state index in [0.717, 1.165) is 24.8 Å². The second-order valence-electron chi connectivity index (χ2n) is 6.28. The Morgan fingerprint density at radius 2 is 2.10 bits per heavy atom. The number of rotatable bonds is 2. The molecule has 1 aromatic carbocycles. The van der Waals surface area contributed by atoms with Gasteiger partial charge in [0.2, 0.25) is 0 Å². The normalized spacial score (nSPS) is 25.0. The molecule has 0 bridgehead atoms. The molecule has 3 rings (SSSR count). The third-order valence-corrected chi connectivity index (χ3v) is 4.77. The van der Waals surface area contributed by atoms with Crippen molar-refractivity contribution in [2.45, 2.75) is 51.0 Å². The summed E-state index contributed by atoms with van der Waals surface area (Å²) in [5, 5.41) is 0. The second-order valence-corrected chi connectivity index (χ2v) is 6.28. The van der Waals surface area contributed by atoms with E-state index in [1.165, 1.54) is 18.9 Å². The van der Waals surface area contributed by atoms with Gasteiger partial charge in [-0.1, -0.05) is 24.5 Å². The van der Waals surface area contributed by atoms with Crippen molar-refractivity contribution in [3.05, 3.63) is 35.1 Å². The van der Waals surface area contributed by atoms with Gasteiger partial charge in [0.05, 0.1) is 11.2 Å². The average Bonchev–Trinajstić information content (AvgIpc) is 2.88. The number of hydrogen-bond donors (Lipinski definition) is 0. The Hall–Kier alpha value is -1.22. The van der Waals surface area contributed by atoms with Gasteiger partial charge in [0.1, 0.15) is 5.82 Å². The summed E-state index contributed by atoms with van der Waals surface area (Å²) < 4.78 is 19.8. The Morgan fingerprint density at radius 3 is 2.85 bits per heavy atom. The molecule has 2 aliphatic rings. The molecule has 0 amide bonds. The minimum absolute atomic E-state index is 0.0409. The van der Waals surface area contributed by atoms with Crippen LogP contribution in [0.25, 0.3) is 0 Å². The summed E-state index contributed by atoms with van der Waals surface area (Å²) in [6, 6.07) is 4.77. The molecule has 1 aliphatic carbocycles. The Balaban J connectivity index is 1.81. The van der Waals surface area contributed by atoms with Crippen molar-refractivity contribution in [1.82, 2.24) is 0 Å². The summed E-state index contributed by atoms with van der Waals surface area (Å²) in [4.78, 5) is 12.6. The molecule has 1 saturated heterocycles. The zero-order chi connectivity index (χ0) is 14.2. The smallest absolute Gasteiger partial charge is 0.169 e. The van der Waals surface area contributed by atoms with E-state index < -0.39 is 5.82 Å². The maximum Gasteiger partial charge on any atom is 0.169 e. The largest absolute Gasteiger partial charge is 0.375 e. The number of ether oxygens (including phenoxy) is 1. The molecule has 2 nitrogen and oxygen atoms in total. The van der Waals surface area contributed by atoms with Crippen LogP contribution in [0.4, 0.5) is 4.39 Å². The van der Waals surface area contributed by atoms with Crippen molar-refractivity contribution in [2.75, 3.05) is 6.61 Å². The molecule has 2 fully saturated rings. The Morgan fingerprint density at radius 1 is 1.35 bits per heavy atom. The summed E-state index contributed by atoms with van der Waals surface area (Å²) in [7, 11) is 0. The SMILES string of the molecule is Cc1ccc(F)c(C(=O)C2CCOC3(CCCC3)C2)c1. The van der Waals surface area contributed by atoms with Crippen LogP contribution in [0.1, 0.15) is 54.4 Å². The summed E-state index contributed by atoms with van der Waals surface area (Å²) in [6.07, 6.45) is 5.94. The van der Waals surface area contributed by atoms with E-state index in [2.05, 4.69) is 0 Å². The Kier molecular flexibility index (Phi) is 3.63. The topological polar surface area (TPSA) is 26.3 Å². The van der Waals surface area contributed by atoms with Gasteiger partial charge < -0.3 is 4.74 Å². The summed E-state index contributed by atoms with van der Waals surface area (Å²) in [6.45, 7) is 2.52. The predicted molar refractivity (Wildman–Crippen MR) is 75.3 cm³/mol. The first kappa shape index (κ1) is 13.7. The summed E-state index contributed by atoms with van der Waals surface area (Å²) >= 11 is 0. The molecule has 1 spiro atoms. The highest BCUT2D eigenvalue weighted by molar-refractivity contribution is 5.98. The highest BCUT2D eigenvalue weighted by Gasteiger charge is 2.42. The first-order valence-electron chi connectivity index (χ1n) is 7.54. The van der Waals surface area contributed by atoms with Crippen LogP contribution in [-0.4, -0.2) is 18.0 Å². The molecule has 108 valence electrons. The van der Waals surface area contributed by atoms with E-state index in [4.69, 9.17) is 4.74 Å². The lowest BCUT2D eigenvalue weighted by Gasteiger charge is -2.37. The van der Waals surface area contributed by atoms with E-state index in [-0.39, 0.29) is 22.9 Å². The van der Waals surface area contributed by atoms with E-state index in [1.54, 1.807) is 12.1 Å². The number of aryl methyl sites for hydroxylation is 1. The third-order valence-electron chi connectivity index (χ3n) is 4.77. The minimum atomic E-state index is -0.396. The molecule has 3 heteroatoms. The maximum absolute atomic E-state index is 13.9. The van der Waals surface area contributed by atoms with Gasteiger partial charge in [0, 0.05) is 12.5 Å². The fourth-order valence-electron chi connectivity index (χ4n) is 3.67. The standard InChI is InChI=1S/C17H21FO2/c1-12-4-5-15(18)14(10-12)16(19)13-6-9-20-17(11-13)7-2-3-8-17/h4-5,10,13H,2-3,6-9,11H2,1H3. The zero-order valence-electron chi connectivity index (χ0n) is 12.0. The van der Waals surface area contributed by atoms with E-state index in [9.17, 15) is 9.18 Å². The highest BCUT2D eigenvalue weighted by Crippen LogP contribution is 2.42. The highest BCUT2D eigenvalue weighted by atomic mass is 19.1. The van der Waals surface area contributed by atoms with Gasteiger partial charge in [-0.05, 0) is 44.7 Å². The third kappa shape index (κ3) is 2.51. The summed E-state index contributed by atoms with van der Waals surface area (Å²) in [5.41, 5.74) is 1.08. The van der Waals surface area contributed by atoms with Crippen molar-refractivity contribution in [1.29, 1.82) is 0 Å². The number of carbonyl (C=O) groups excluding carboxylic acids is 1. The van der Waals surface area contributed by atoms with Crippen LogP contribution in [0.2, 0.25) is 0 Å². The Labute approximate surface area is 119 Å². The van der Waals surface area contributed by atoms with Crippen molar-refractivity contribution in [2.24, 2.45) is 5.92 Å². The summed E-state index contributed by atoms with van der Waals surface area (Å²) in [5.74, 6) is -0.522. The number of halogens is 1. The van der Waals surface area contributed by atoms with Crippen LogP contribution in [0.5, 0.6) is 0 Å².